The lowest BCUT2D eigenvalue weighted by Gasteiger charge is -2.08. The van der Waals surface area contributed by atoms with E-state index in [4.69, 9.17) is 0 Å². The van der Waals surface area contributed by atoms with Gasteiger partial charge in [-0.3, -0.25) is 14.5 Å². The molecule has 0 unspecified atom stereocenters. The van der Waals surface area contributed by atoms with Gasteiger partial charge < -0.3 is 10.6 Å². The summed E-state index contributed by atoms with van der Waals surface area (Å²) in [6.07, 6.45) is 5.18. The quantitative estimate of drug-likeness (QED) is 0.811. The number of pyridine rings is 1. The van der Waals surface area contributed by atoms with Crippen molar-refractivity contribution in [1.82, 2.24) is 20.1 Å². The summed E-state index contributed by atoms with van der Waals surface area (Å²) in [5, 5.41) is 10.2. The van der Waals surface area contributed by atoms with Crippen LogP contribution >= 0.6 is 0 Å². The molecule has 0 aliphatic rings. The van der Waals surface area contributed by atoms with Gasteiger partial charge in [-0.25, -0.2) is 0 Å². The van der Waals surface area contributed by atoms with Crippen LogP contribution in [0.25, 0.3) is 0 Å². The van der Waals surface area contributed by atoms with Crippen molar-refractivity contribution in [3.05, 3.63) is 42.0 Å². The molecule has 2 aromatic rings. The zero-order valence-electron chi connectivity index (χ0n) is 12.5. The Balaban J connectivity index is 1.86. The molecule has 0 aromatic carbocycles. The molecule has 6 nitrogen and oxygen atoms in total. The summed E-state index contributed by atoms with van der Waals surface area (Å²) >= 11 is 0. The molecule has 0 atom stereocenters. The first-order valence-corrected chi connectivity index (χ1v) is 7.15. The van der Waals surface area contributed by atoms with Gasteiger partial charge in [0, 0.05) is 50.3 Å². The van der Waals surface area contributed by atoms with E-state index in [0.29, 0.717) is 12.2 Å². The molecule has 0 saturated carbocycles. The SMILES string of the molecule is CCCNc1ccnc(C(=O)NCCc2ccnn2C)c1. The van der Waals surface area contributed by atoms with Gasteiger partial charge >= 0.3 is 0 Å². The minimum atomic E-state index is -0.155. The number of hydrogen-bond donors (Lipinski definition) is 2. The van der Waals surface area contributed by atoms with Crippen molar-refractivity contribution < 1.29 is 4.79 Å². The Morgan fingerprint density at radius 2 is 2.14 bits per heavy atom. The first-order chi connectivity index (χ1) is 10.2. The Morgan fingerprint density at radius 1 is 1.29 bits per heavy atom. The average molecular weight is 287 g/mol. The molecule has 0 spiro atoms. The van der Waals surface area contributed by atoms with Crippen LogP contribution in [0.15, 0.2) is 30.6 Å². The number of nitrogens with zero attached hydrogens (tertiary/aromatic N) is 3. The predicted molar refractivity (Wildman–Crippen MR) is 82.3 cm³/mol. The zero-order chi connectivity index (χ0) is 15.1. The lowest BCUT2D eigenvalue weighted by atomic mass is 10.2. The Morgan fingerprint density at radius 3 is 2.86 bits per heavy atom. The number of aromatic nitrogens is 3. The van der Waals surface area contributed by atoms with E-state index >= 15 is 0 Å². The van der Waals surface area contributed by atoms with Crippen LogP contribution in [0.2, 0.25) is 0 Å². The fourth-order valence-electron chi connectivity index (χ4n) is 1.98. The van der Waals surface area contributed by atoms with Gasteiger partial charge in [-0.2, -0.15) is 5.10 Å². The van der Waals surface area contributed by atoms with Crippen molar-refractivity contribution in [2.45, 2.75) is 19.8 Å². The predicted octanol–water partition coefficient (Wildman–Crippen LogP) is 1.61. The van der Waals surface area contributed by atoms with Crippen LogP contribution in [0.3, 0.4) is 0 Å². The first-order valence-electron chi connectivity index (χ1n) is 7.15. The Bertz CT molecular complexity index is 593. The van der Waals surface area contributed by atoms with Crippen molar-refractivity contribution in [2.75, 3.05) is 18.4 Å². The third-order valence-electron chi connectivity index (χ3n) is 3.16. The topological polar surface area (TPSA) is 71.8 Å². The van der Waals surface area contributed by atoms with Crippen molar-refractivity contribution in [3.63, 3.8) is 0 Å². The fourth-order valence-corrected chi connectivity index (χ4v) is 1.98. The second kappa shape index (κ2) is 7.42. The molecular weight excluding hydrogens is 266 g/mol. The summed E-state index contributed by atoms with van der Waals surface area (Å²) in [5.41, 5.74) is 2.44. The Kier molecular flexibility index (Phi) is 5.31. The van der Waals surface area contributed by atoms with Crippen LogP contribution in [0, 0.1) is 0 Å². The molecule has 0 aliphatic carbocycles. The van der Waals surface area contributed by atoms with E-state index in [9.17, 15) is 4.79 Å². The highest BCUT2D eigenvalue weighted by Crippen LogP contribution is 2.08. The second-order valence-electron chi connectivity index (χ2n) is 4.81. The summed E-state index contributed by atoms with van der Waals surface area (Å²) in [6, 6.07) is 5.58. The van der Waals surface area contributed by atoms with Crippen LogP contribution in [-0.2, 0) is 13.5 Å². The van der Waals surface area contributed by atoms with Crippen molar-refractivity contribution in [3.8, 4) is 0 Å². The van der Waals surface area contributed by atoms with E-state index in [0.717, 1.165) is 30.8 Å². The maximum atomic E-state index is 12.1. The van der Waals surface area contributed by atoms with Crippen LogP contribution in [0.1, 0.15) is 29.5 Å². The van der Waals surface area contributed by atoms with E-state index in [1.54, 1.807) is 23.1 Å². The molecule has 0 fully saturated rings. The normalized spacial score (nSPS) is 10.4. The van der Waals surface area contributed by atoms with Gasteiger partial charge in [-0.05, 0) is 24.6 Å². The van der Waals surface area contributed by atoms with E-state index in [1.807, 2.05) is 19.2 Å². The van der Waals surface area contributed by atoms with Crippen LogP contribution in [0.5, 0.6) is 0 Å². The summed E-state index contributed by atoms with van der Waals surface area (Å²) in [7, 11) is 1.89. The van der Waals surface area contributed by atoms with Crippen molar-refractivity contribution in [1.29, 1.82) is 0 Å². The van der Waals surface area contributed by atoms with E-state index < -0.39 is 0 Å². The van der Waals surface area contributed by atoms with Gasteiger partial charge in [-0.15, -0.1) is 0 Å². The third kappa shape index (κ3) is 4.30. The minimum Gasteiger partial charge on any atom is -0.385 e. The summed E-state index contributed by atoms with van der Waals surface area (Å²) < 4.78 is 1.81. The number of anilines is 1. The molecule has 2 N–H and O–H groups in total. The number of hydrogen-bond acceptors (Lipinski definition) is 4. The van der Waals surface area contributed by atoms with Crippen LogP contribution in [-0.4, -0.2) is 33.8 Å². The molecule has 2 rings (SSSR count). The number of carbonyl (C=O) groups is 1. The highest BCUT2D eigenvalue weighted by molar-refractivity contribution is 5.93. The highest BCUT2D eigenvalue weighted by atomic mass is 16.1. The zero-order valence-corrected chi connectivity index (χ0v) is 12.5. The molecule has 6 heteroatoms. The number of aryl methyl sites for hydroxylation is 1. The second-order valence-corrected chi connectivity index (χ2v) is 4.81. The largest absolute Gasteiger partial charge is 0.385 e. The van der Waals surface area contributed by atoms with Gasteiger partial charge in [0.25, 0.3) is 5.91 Å². The lowest BCUT2D eigenvalue weighted by molar-refractivity contribution is 0.0949. The van der Waals surface area contributed by atoms with E-state index in [2.05, 4.69) is 27.6 Å². The van der Waals surface area contributed by atoms with Crippen molar-refractivity contribution in [2.24, 2.45) is 7.05 Å². The number of nitrogens with one attached hydrogen (secondary N) is 2. The van der Waals surface area contributed by atoms with Crippen LogP contribution < -0.4 is 10.6 Å². The molecule has 0 radical (unpaired) electrons. The smallest absolute Gasteiger partial charge is 0.269 e. The van der Waals surface area contributed by atoms with E-state index in [1.165, 1.54) is 0 Å². The number of carbonyl (C=O) groups excluding carboxylic acids is 1. The maximum absolute atomic E-state index is 12.1. The summed E-state index contributed by atoms with van der Waals surface area (Å²) in [4.78, 5) is 16.2. The minimum absolute atomic E-state index is 0.155. The van der Waals surface area contributed by atoms with Gasteiger partial charge in [0.05, 0.1) is 0 Å². The Labute approximate surface area is 124 Å². The molecule has 112 valence electrons. The molecule has 0 saturated heterocycles. The molecule has 0 aliphatic heterocycles. The molecular formula is C15H21N5O. The number of rotatable bonds is 7. The van der Waals surface area contributed by atoms with Gasteiger partial charge in [0.15, 0.2) is 0 Å². The van der Waals surface area contributed by atoms with Gasteiger partial charge in [-0.1, -0.05) is 6.92 Å². The van der Waals surface area contributed by atoms with Gasteiger partial charge in [0.2, 0.25) is 0 Å². The van der Waals surface area contributed by atoms with Crippen LogP contribution in [0.4, 0.5) is 5.69 Å². The molecule has 21 heavy (non-hydrogen) atoms. The molecule has 2 aromatic heterocycles. The molecule has 2 heterocycles. The fraction of sp³-hybridized carbons (Fsp3) is 0.400. The third-order valence-corrected chi connectivity index (χ3v) is 3.16. The highest BCUT2D eigenvalue weighted by Gasteiger charge is 2.08. The number of amides is 1. The first kappa shape index (κ1) is 15.0. The average Bonchev–Trinajstić information content (AvgIpc) is 2.91. The van der Waals surface area contributed by atoms with Gasteiger partial charge in [0.1, 0.15) is 5.69 Å². The summed E-state index contributed by atoms with van der Waals surface area (Å²) in [5.74, 6) is -0.155. The Hall–Kier alpha value is -2.37. The van der Waals surface area contributed by atoms with E-state index in [-0.39, 0.29) is 5.91 Å². The summed E-state index contributed by atoms with van der Waals surface area (Å²) in [6.45, 7) is 3.54. The maximum Gasteiger partial charge on any atom is 0.269 e. The molecule has 0 bridgehead atoms. The lowest BCUT2D eigenvalue weighted by Crippen LogP contribution is -2.27. The van der Waals surface area contributed by atoms with Crippen molar-refractivity contribution >= 4 is 11.6 Å². The molecule has 1 amide bonds. The standard InChI is InChI=1S/C15H21N5O/c1-3-7-16-12-4-8-17-14(11-12)15(21)18-9-5-13-6-10-19-20(13)2/h4,6,8,10-11H,3,5,7,9H2,1-2H3,(H,16,17)(H,18,21). The monoisotopic (exact) mass is 287 g/mol.